The molecule has 0 bridgehead atoms. The predicted octanol–water partition coefficient (Wildman–Crippen LogP) is 2.98. The topological polar surface area (TPSA) is 102 Å². The molecule has 0 fully saturated rings. The van der Waals surface area contributed by atoms with Gasteiger partial charge in [-0.2, -0.15) is 0 Å². The molecule has 0 aliphatic heterocycles. The molecule has 1 heterocycles. The van der Waals surface area contributed by atoms with Gasteiger partial charge in [0.1, 0.15) is 5.60 Å². The first-order valence-corrected chi connectivity index (χ1v) is 11.1. The zero-order valence-electron chi connectivity index (χ0n) is 17.1. The molecule has 0 amide bonds. The largest absolute Gasteiger partial charge is 0.419 e. The highest BCUT2D eigenvalue weighted by atomic mass is 32.2. The lowest BCUT2D eigenvalue weighted by Crippen LogP contribution is -2.38. The van der Waals surface area contributed by atoms with E-state index in [9.17, 15) is 18.3 Å². The van der Waals surface area contributed by atoms with Crippen molar-refractivity contribution in [3.8, 4) is 11.1 Å². The summed E-state index contributed by atoms with van der Waals surface area (Å²) in [6, 6.07) is 21.3. The van der Waals surface area contributed by atoms with Gasteiger partial charge < -0.3 is 9.52 Å². The van der Waals surface area contributed by atoms with Crippen molar-refractivity contribution in [1.29, 1.82) is 0 Å². The standard InChI is InChI=1S/C23H22N2O5S/c1-23(27,18-10-8-17(9-11-18)16-6-4-3-5-7-16)15-24-31(28,29)19-12-13-21-20(14-19)25(2)22(26)30-21/h3-14,24,27H,15H2,1-2H3/t23-/m1/s1. The molecule has 3 aromatic carbocycles. The van der Waals surface area contributed by atoms with Crippen LogP contribution in [-0.2, 0) is 22.7 Å². The molecule has 31 heavy (non-hydrogen) atoms. The van der Waals surface area contributed by atoms with Gasteiger partial charge >= 0.3 is 5.76 Å². The van der Waals surface area contributed by atoms with Crippen LogP contribution in [0.5, 0.6) is 0 Å². The number of nitrogens with zero attached hydrogens (tertiary/aromatic N) is 1. The Morgan fingerprint density at radius 3 is 2.32 bits per heavy atom. The number of hydrogen-bond acceptors (Lipinski definition) is 5. The van der Waals surface area contributed by atoms with Crippen LogP contribution in [0.4, 0.5) is 0 Å². The molecule has 0 aliphatic carbocycles. The van der Waals surface area contributed by atoms with Gasteiger partial charge in [0.15, 0.2) is 5.58 Å². The fourth-order valence-electron chi connectivity index (χ4n) is 3.35. The molecule has 4 rings (SSSR count). The van der Waals surface area contributed by atoms with E-state index in [1.165, 1.54) is 29.8 Å². The second-order valence-electron chi connectivity index (χ2n) is 7.60. The normalized spacial score (nSPS) is 13.9. The number of benzene rings is 3. The van der Waals surface area contributed by atoms with Crippen LogP contribution in [0.15, 0.2) is 86.9 Å². The quantitative estimate of drug-likeness (QED) is 0.482. The third-order valence-electron chi connectivity index (χ3n) is 5.29. The second kappa shape index (κ2) is 7.81. The van der Waals surface area contributed by atoms with Crippen molar-refractivity contribution in [2.24, 2.45) is 7.05 Å². The molecule has 2 N–H and O–H groups in total. The molecule has 160 valence electrons. The summed E-state index contributed by atoms with van der Waals surface area (Å²) in [7, 11) is -2.42. The molecule has 1 aromatic heterocycles. The van der Waals surface area contributed by atoms with Gasteiger partial charge in [-0.25, -0.2) is 17.9 Å². The molecule has 8 heteroatoms. The zero-order valence-corrected chi connectivity index (χ0v) is 17.9. The van der Waals surface area contributed by atoms with Crippen LogP contribution in [0.3, 0.4) is 0 Å². The summed E-state index contributed by atoms with van der Waals surface area (Å²) < 4.78 is 34.3. The third kappa shape index (κ3) is 4.18. The van der Waals surface area contributed by atoms with Crippen molar-refractivity contribution in [2.75, 3.05) is 6.54 Å². The van der Waals surface area contributed by atoms with Crippen LogP contribution < -0.4 is 10.5 Å². The van der Waals surface area contributed by atoms with Crippen molar-refractivity contribution in [3.63, 3.8) is 0 Å². The summed E-state index contributed by atoms with van der Waals surface area (Å²) in [4.78, 5) is 11.6. The minimum atomic E-state index is -3.92. The van der Waals surface area contributed by atoms with E-state index in [4.69, 9.17) is 4.42 Å². The van der Waals surface area contributed by atoms with Crippen LogP contribution in [-0.4, -0.2) is 24.6 Å². The lowest BCUT2D eigenvalue weighted by atomic mass is 9.94. The monoisotopic (exact) mass is 438 g/mol. The van der Waals surface area contributed by atoms with Gasteiger partial charge in [0.05, 0.1) is 10.4 Å². The summed E-state index contributed by atoms with van der Waals surface area (Å²) in [6.45, 7) is 1.33. The maximum Gasteiger partial charge on any atom is 0.419 e. The van der Waals surface area contributed by atoms with Crippen LogP contribution in [0.1, 0.15) is 12.5 Å². The number of aliphatic hydroxyl groups is 1. The maximum atomic E-state index is 12.8. The number of hydrogen-bond donors (Lipinski definition) is 2. The smallest absolute Gasteiger partial charge is 0.408 e. The van der Waals surface area contributed by atoms with E-state index in [1.807, 2.05) is 42.5 Å². The molecule has 4 aromatic rings. The molecule has 0 radical (unpaired) electrons. The number of fused-ring (bicyclic) bond motifs is 1. The number of aryl methyl sites for hydroxylation is 1. The van der Waals surface area contributed by atoms with E-state index in [0.29, 0.717) is 16.7 Å². The predicted molar refractivity (Wildman–Crippen MR) is 118 cm³/mol. The number of aromatic nitrogens is 1. The van der Waals surface area contributed by atoms with E-state index < -0.39 is 21.4 Å². The Bertz CT molecular complexity index is 1390. The van der Waals surface area contributed by atoms with E-state index in [2.05, 4.69) is 4.72 Å². The summed E-state index contributed by atoms with van der Waals surface area (Å²) in [5.41, 5.74) is 1.89. The molecule has 1 atom stereocenters. The number of oxazole rings is 1. The third-order valence-corrected chi connectivity index (χ3v) is 6.69. The highest BCUT2D eigenvalue weighted by molar-refractivity contribution is 7.89. The Hall–Kier alpha value is -3.20. The molecule has 0 saturated heterocycles. The minimum Gasteiger partial charge on any atom is -0.408 e. The van der Waals surface area contributed by atoms with E-state index in [-0.39, 0.29) is 11.4 Å². The molecule has 0 aliphatic rings. The van der Waals surface area contributed by atoms with Crippen LogP contribution >= 0.6 is 0 Å². The Kier molecular flexibility index (Phi) is 5.30. The van der Waals surface area contributed by atoms with Crippen molar-refractivity contribution in [3.05, 3.63) is 88.9 Å². The fourth-order valence-corrected chi connectivity index (χ4v) is 4.50. The Labute approximate surface area is 179 Å². The van der Waals surface area contributed by atoms with Crippen LogP contribution in [0, 0.1) is 0 Å². The van der Waals surface area contributed by atoms with Crippen molar-refractivity contribution in [2.45, 2.75) is 17.4 Å². The van der Waals surface area contributed by atoms with Gasteiger partial charge in [-0.05, 0) is 41.8 Å². The molecule has 0 spiro atoms. The Morgan fingerprint density at radius 1 is 1.00 bits per heavy atom. The van der Waals surface area contributed by atoms with Crippen molar-refractivity contribution >= 4 is 21.1 Å². The van der Waals surface area contributed by atoms with Gasteiger partial charge in [0, 0.05) is 13.6 Å². The van der Waals surface area contributed by atoms with Gasteiger partial charge in [-0.3, -0.25) is 4.57 Å². The first kappa shape index (κ1) is 21.0. The highest BCUT2D eigenvalue weighted by Crippen LogP contribution is 2.25. The number of nitrogens with one attached hydrogen (secondary N) is 1. The molecule has 0 saturated carbocycles. The summed E-state index contributed by atoms with van der Waals surface area (Å²) in [5.74, 6) is -0.570. The summed E-state index contributed by atoms with van der Waals surface area (Å²) >= 11 is 0. The van der Waals surface area contributed by atoms with Crippen LogP contribution in [0.25, 0.3) is 22.2 Å². The van der Waals surface area contributed by atoms with E-state index in [0.717, 1.165) is 11.1 Å². The minimum absolute atomic E-state index is 0.0216. The molecular formula is C23H22N2O5S. The molecular weight excluding hydrogens is 416 g/mol. The highest BCUT2D eigenvalue weighted by Gasteiger charge is 2.26. The Morgan fingerprint density at radius 2 is 1.65 bits per heavy atom. The first-order chi connectivity index (χ1) is 14.7. The average molecular weight is 439 g/mol. The molecule has 7 nitrogen and oxygen atoms in total. The average Bonchev–Trinajstić information content (AvgIpc) is 3.06. The zero-order chi connectivity index (χ0) is 22.2. The number of sulfonamides is 1. The van der Waals surface area contributed by atoms with Gasteiger partial charge in [-0.1, -0.05) is 54.6 Å². The van der Waals surface area contributed by atoms with Gasteiger partial charge in [0.25, 0.3) is 0 Å². The lowest BCUT2D eigenvalue weighted by Gasteiger charge is -2.24. The SMILES string of the molecule is Cn1c(=O)oc2ccc(S(=O)(=O)NC[C@@](C)(O)c3ccc(-c4ccccc4)cc3)cc21. The van der Waals surface area contributed by atoms with E-state index >= 15 is 0 Å². The molecule has 0 unspecified atom stereocenters. The van der Waals surface area contributed by atoms with Crippen molar-refractivity contribution < 1.29 is 17.9 Å². The number of rotatable bonds is 6. The first-order valence-electron chi connectivity index (χ1n) is 9.65. The second-order valence-corrected chi connectivity index (χ2v) is 9.37. The maximum absolute atomic E-state index is 12.8. The fraction of sp³-hybridized carbons (Fsp3) is 0.174. The van der Waals surface area contributed by atoms with E-state index in [1.54, 1.807) is 19.1 Å². The summed E-state index contributed by atoms with van der Waals surface area (Å²) in [6.07, 6.45) is 0. The van der Waals surface area contributed by atoms with Crippen LogP contribution in [0.2, 0.25) is 0 Å². The van der Waals surface area contributed by atoms with Gasteiger partial charge in [0.2, 0.25) is 10.0 Å². The van der Waals surface area contributed by atoms with Crippen molar-refractivity contribution in [1.82, 2.24) is 9.29 Å². The summed E-state index contributed by atoms with van der Waals surface area (Å²) in [5, 5.41) is 10.9. The Balaban J connectivity index is 1.53. The lowest BCUT2D eigenvalue weighted by molar-refractivity contribution is 0.0627. The van der Waals surface area contributed by atoms with Gasteiger partial charge in [-0.15, -0.1) is 0 Å².